The van der Waals surface area contributed by atoms with Crippen molar-refractivity contribution in [1.29, 1.82) is 0 Å². The predicted molar refractivity (Wildman–Crippen MR) is 270 cm³/mol. The molecule has 6 aromatic heterocycles. The van der Waals surface area contributed by atoms with Crippen molar-refractivity contribution in [2.45, 2.75) is 0 Å². The summed E-state index contributed by atoms with van der Waals surface area (Å²) in [5.74, 6) is 0. The number of hydrogen-bond acceptors (Lipinski definition) is 10. The molecule has 0 N–H and O–H groups in total. The molecule has 0 bridgehead atoms. The van der Waals surface area contributed by atoms with Gasteiger partial charge >= 0.3 is 22.5 Å². The average Bonchev–Trinajstić information content (AvgIpc) is 3.31. The standard InChI is InChI=1S/C52H24Br4N2O8/c53-33-5-9-45-29(13-33)17-37(49(59)63-45)41-21-27(22-42(57-41)38-18-30-14-34(54)6-10-46(30)64-50(38)60)25-1-2-26(4-3-25)28-23-43(39-19-31-15-35(55)7-11-47(31)65-51(39)61)58-44(24-28)40-20-32-16-36(56)8-12-48(32)66-52(40)62/h1-24H. The third kappa shape index (κ3) is 7.89. The third-order valence-electron chi connectivity index (χ3n) is 11.1. The molecule has 0 spiro atoms. The van der Waals surface area contributed by atoms with E-state index in [1.165, 1.54) is 0 Å². The number of rotatable bonds is 6. The summed E-state index contributed by atoms with van der Waals surface area (Å²) >= 11 is 14.0. The van der Waals surface area contributed by atoms with E-state index in [1.807, 2.05) is 48.5 Å². The first-order valence-corrected chi connectivity index (χ1v) is 23.2. The second kappa shape index (κ2) is 16.5. The van der Waals surface area contributed by atoms with Crippen LogP contribution in [0.3, 0.4) is 0 Å². The zero-order valence-electron chi connectivity index (χ0n) is 33.5. The largest absolute Gasteiger partial charge is 0.422 e. The molecule has 0 saturated heterocycles. The van der Waals surface area contributed by atoms with Crippen LogP contribution < -0.4 is 22.5 Å². The topological polar surface area (TPSA) is 147 Å². The minimum atomic E-state index is -0.601. The van der Waals surface area contributed by atoms with Gasteiger partial charge in [-0.2, -0.15) is 0 Å². The molecule has 5 aromatic carbocycles. The van der Waals surface area contributed by atoms with Crippen LogP contribution in [0.1, 0.15) is 0 Å². The second-order valence-electron chi connectivity index (χ2n) is 15.3. The van der Waals surface area contributed by atoms with Gasteiger partial charge in [0.15, 0.2) is 0 Å². The molecule has 318 valence electrons. The summed E-state index contributed by atoms with van der Waals surface area (Å²) in [5, 5.41) is 2.69. The minimum absolute atomic E-state index is 0.195. The fourth-order valence-corrected chi connectivity index (χ4v) is 9.41. The summed E-state index contributed by atoms with van der Waals surface area (Å²) in [5.41, 5.74) is 3.85. The lowest BCUT2D eigenvalue weighted by Gasteiger charge is -2.12. The van der Waals surface area contributed by atoms with E-state index in [0.29, 0.717) is 55.0 Å². The van der Waals surface area contributed by atoms with Crippen LogP contribution in [0.4, 0.5) is 0 Å². The van der Waals surface area contributed by atoms with Crippen molar-refractivity contribution in [2.75, 3.05) is 0 Å². The Labute approximate surface area is 404 Å². The summed E-state index contributed by atoms with van der Waals surface area (Å²) in [4.78, 5) is 64.1. The van der Waals surface area contributed by atoms with E-state index >= 15 is 0 Å². The van der Waals surface area contributed by atoms with Gasteiger partial charge in [0.2, 0.25) is 0 Å². The van der Waals surface area contributed by atoms with Crippen molar-refractivity contribution in [2.24, 2.45) is 0 Å². The first-order chi connectivity index (χ1) is 31.9. The molecular weight excluding hydrogens is 1100 g/mol. The van der Waals surface area contributed by atoms with Gasteiger partial charge in [-0.3, -0.25) is 0 Å². The predicted octanol–water partition coefficient (Wildman–Crippen LogP) is 14.0. The monoisotopic (exact) mass is 1120 g/mol. The SMILES string of the molecule is O=c1oc2ccc(Br)cc2cc1-c1cc(-c2ccc(-c3cc(-c4cc5cc(Br)ccc5oc4=O)nc(-c4cc5cc(Br)ccc5oc4=O)c3)cc2)cc(-c2cc3cc(Br)ccc3oc2=O)n1. The maximum atomic E-state index is 13.6. The van der Waals surface area contributed by atoms with Crippen molar-refractivity contribution >= 4 is 108 Å². The van der Waals surface area contributed by atoms with Crippen LogP contribution in [0.2, 0.25) is 0 Å². The normalized spacial score (nSPS) is 11.6. The van der Waals surface area contributed by atoms with E-state index in [2.05, 4.69) is 63.7 Å². The van der Waals surface area contributed by atoms with E-state index in [9.17, 15) is 19.2 Å². The highest BCUT2D eigenvalue weighted by Gasteiger charge is 2.20. The molecule has 0 atom stereocenters. The molecule has 11 rings (SSSR count). The van der Waals surface area contributed by atoms with Gasteiger partial charge in [0.25, 0.3) is 0 Å². The maximum absolute atomic E-state index is 13.6. The quantitative estimate of drug-likeness (QED) is 0.147. The Kier molecular flexibility index (Phi) is 10.5. The molecule has 0 fully saturated rings. The van der Waals surface area contributed by atoms with Crippen molar-refractivity contribution in [3.63, 3.8) is 0 Å². The molecule has 0 aliphatic carbocycles. The van der Waals surface area contributed by atoms with E-state index in [-0.39, 0.29) is 45.0 Å². The number of halogens is 4. The smallest absolute Gasteiger partial charge is 0.345 e. The van der Waals surface area contributed by atoms with E-state index in [1.54, 1.807) is 97.1 Å². The Balaban J connectivity index is 1.08. The molecule has 14 heteroatoms. The number of aromatic nitrogens is 2. The van der Waals surface area contributed by atoms with E-state index < -0.39 is 22.5 Å². The summed E-state index contributed by atoms with van der Waals surface area (Å²) in [6, 6.07) is 42.9. The number of hydrogen-bond donors (Lipinski definition) is 0. The van der Waals surface area contributed by atoms with Gasteiger partial charge < -0.3 is 17.7 Å². The van der Waals surface area contributed by atoms with Crippen LogP contribution in [0, 0.1) is 0 Å². The molecular formula is C52H24Br4N2O8. The van der Waals surface area contributed by atoms with Crippen molar-refractivity contribution in [3.05, 3.63) is 205 Å². The van der Waals surface area contributed by atoms with Crippen LogP contribution in [-0.4, -0.2) is 9.97 Å². The fraction of sp³-hybridized carbons (Fsp3) is 0. The van der Waals surface area contributed by atoms with Gasteiger partial charge in [0, 0.05) is 39.4 Å². The van der Waals surface area contributed by atoms with Gasteiger partial charge in [-0.05, 0) is 144 Å². The van der Waals surface area contributed by atoms with Crippen LogP contribution in [0.25, 0.3) is 111 Å². The van der Waals surface area contributed by atoms with Crippen LogP contribution >= 0.6 is 63.7 Å². The second-order valence-corrected chi connectivity index (χ2v) is 19.0. The first-order valence-electron chi connectivity index (χ1n) is 20.0. The highest BCUT2D eigenvalue weighted by molar-refractivity contribution is 9.11. The molecule has 11 aromatic rings. The molecule has 0 unspecified atom stereocenters. The maximum Gasteiger partial charge on any atom is 0.345 e. The van der Waals surface area contributed by atoms with Crippen molar-refractivity contribution in [1.82, 2.24) is 9.97 Å². The number of fused-ring (bicyclic) bond motifs is 4. The third-order valence-corrected chi connectivity index (χ3v) is 13.1. The van der Waals surface area contributed by atoms with E-state index in [4.69, 9.17) is 27.6 Å². The molecule has 10 nitrogen and oxygen atoms in total. The van der Waals surface area contributed by atoms with Crippen molar-refractivity contribution < 1.29 is 17.7 Å². The molecule has 66 heavy (non-hydrogen) atoms. The van der Waals surface area contributed by atoms with Gasteiger partial charge in [0.1, 0.15) is 22.3 Å². The molecule has 0 aliphatic rings. The summed E-state index contributed by atoms with van der Waals surface area (Å²) in [7, 11) is 0. The lowest BCUT2D eigenvalue weighted by molar-refractivity contribution is 0.562. The van der Waals surface area contributed by atoms with Crippen LogP contribution in [0.15, 0.2) is 200 Å². The van der Waals surface area contributed by atoms with Gasteiger partial charge in [-0.15, -0.1) is 0 Å². The molecule has 6 heterocycles. The number of nitrogens with zero attached hydrogens (tertiary/aromatic N) is 2. The average molecular weight is 1120 g/mol. The first kappa shape index (κ1) is 41.8. The molecule has 0 radical (unpaired) electrons. The Morgan fingerprint density at radius 1 is 0.288 bits per heavy atom. The highest BCUT2D eigenvalue weighted by atomic mass is 79.9. The van der Waals surface area contributed by atoms with Crippen LogP contribution in [0.5, 0.6) is 0 Å². The highest BCUT2D eigenvalue weighted by Crippen LogP contribution is 2.35. The molecule has 0 saturated carbocycles. The number of pyridine rings is 2. The Morgan fingerprint density at radius 2 is 0.530 bits per heavy atom. The van der Waals surface area contributed by atoms with Gasteiger partial charge in [-0.25, -0.2) is 29.1 Å². The zero-order valence-corrected chi connectivity index (χ0v) is 39.9. The Hall–Kier alpha value is -6.84. The fourth-order valence-electron chi connectivity index (χ4n) is 7.89. The Bertz CT molecular complexity index is 3600. The van der Waals surface area contributed by atoms with Crippen molar-refractivity contribution in [3.8, 4) is 67.3 Å². The Morgan fingerprint density at radius 3 is 0.773 bits per heavy atom. The lowest BCUT2D eigenvalue weighted by Crippen LogP contribution is -2.07. The zero-order chi connectivity index (χ0) is 45.4. The van der Waals surface area contributed by atoms with Gasteiger partial charge in [-0.1, -0.05) is 88.0 Å². The lowest BCUT2D eigenvalue weighted by atomic mass is 9.96. The molecule has 0 amide bonds. The van der Waals surface area contributed by atoms with E-state index in [0.717, 1.165) is 29.0 Å². The minimum Gasteiger partial charge on any atom is -0.422 e. The van der Waals surface area contributed by atoms with Crippen LogP contribution in [-0.2, 0) is 0 Å². The van der Waals surface area contributed by atoms with Gasteiger partial charge in [0.05, 0.1) is 45.0 Å². The molecule has 0 aliphatic heterocycles. The summed E-state index contributed by atoms with van der Waals surface area (Å²) < 4.78 is 26.2. The summed E-state index contributed by atoms with van der Waals surface area (Å²) in [6.45, 7) is 0. The number of benzene rings is 5. The summed E-state index contributed by atoms with van der Waals surface area (Å²) in [6.07, 6.45) is 0.